The number of halogens is 1. The van der Waals surface area contributed by atoms with Gasteiger partial charge < -0.3 is 10.6 Å². The van der Waals surface area contributed by atoms with E-state index in [2.05, 4.69) is 67.6 Å². The second-order valence-corrected chi connectivity index (χ2v) is 6.90. The van der Waals surface area contributed by atoms with Crippen LogP contribution in [-0.4, -0.2) is 25.1 Å². The van der Waals surface area contributed by atoms with E-state index in [0.29, 0.717) is 5.41 Å². The van der Waals surface area contributed by atoms with Crippen LogP contribution in [0.3, 0.4) is 0 Å². The van der Waals surface area contributed by atoms with E-state index in [1.165, 1.54) is 24.0 Å². The lowest BCUT2D eigenvalue weighted by Crippen LogP contribution is -2.49. The molecule has 2 rings (SSSR count). The molecule has 0 saturated heterocycles. The molecule has 1 aliphatic rings. The zero-order valence-corrected chi connectivity index (χ0v) is 16.1. The summed E-state index contributed by atoms with van der Waals surface area (Å²) in [5, 5.41) is 6.90. The third-order valence-corrected chi connectivity index (χ3v) is 3.88. The summed E-state index contributed by atoms with van der Waals surface area (Å²) in [5.74, 6) is 0.886. The van der Waals surface area contributed by atoms with Crippen molar-refractivity contribution in [2.45, 2.75) is 51.5 Å². The molecule has 1 fully saturated rings. The Labute approximate surface area is 146 Å². The molecular formula is C17H28IN3. The molecule has 0 heterocycles. The number of rotatable bonds is 3. The highest BCUT2D eigenvalue weighted by Crippen LogP contribution is 2.48. The van der Waals surface area contributed by atoms with Crippen LogP contribution in [0.1, 0.15) is 44.7 Å². The molecule has 2 N–H and O–H groups in total. The lowest BCUT2D eigenvalue weighted by Gasteiger charge is -2.26. The largest absolute Gasteiger partial charge is 0.356 e. The molecule has 1 saturated carbocycles. The van der Waals surface area contributed by atoms with Crippen molar-refractivity contribution in [2.24, 2.45) is 4.99 Å². The zero-order chi connectivity index (χ0) is 14.8. The van der Waals surface area contributed by atoms with E-state index in [9.17, 15) is 0 Å². The van der Waals surface area contributed by atoms with Crippen molar-refractivity contribution in [2.75, 3.05) is 13.6 Å². The fourth-order valence-corrected chi connectivity index (χ4v) is 2.65. The summed E-state index contributed by atoms with van der Waals surface area (Å²) >= 11 is 0. The minimum atomic E-state index is 0. The second kappa shape index (κ2) is 6.99. The van der Waals surface area contributed by atoms with Crippen LogP contribution in [0.2, 0.25) is 0 Å². The summed E-state index contributed by atoms with van der Waals surface area (Å²) in [4.78, 5) is 4.31. The van der Waals surface area contributed by atoms with E-state index in [0.717, 1.165) is 12.5 Å². The van der Waals surface area contributed by atoms with Crippen LogP contribution >= 0.6 is 24.0 Å². The van der Waals surface area contributed by atoms with Crippen molar-refractivity contribution < 1.29 is 0 Å². The lowest BCUT2D eigenvalue weighted by molar-refractivity contribution is 0.497. The number of nitrogens with one attached hydrogen (secondary N) is 2. The molecule has 0 radical (unpaired) electrons. The van der Waals surface area contributed by atoms with Crippen molar-refractivity contribution in [3.8, 4) is 0 Å². The molecule has 1 aromatic rings. The highest BCUT2D eigenvalue weighted by Gasteiger charge is 2.44. The predicted molar refractivity (Wildman–Crippen MR) is 102 cm³/mol. The third-order valence-electron chi connectivity index (χ3n) is 3.88. The maximum absolute atomic E-state index is 4.31. The van der Waals surface area contributed by atoms with Crippen molar-refractivity contribution in [3.05, 3.63) is 35.4 Å². The molecule has 1 aromatic carbocycles. The molecule has 0 aliphatic heterocycles. The van der Waals surface area contributed by atoms with Crippen molar-refractivity contribution in [3.63, 3.8) is 0 Å². The number of guanidine groups is 1. The van der Waals surface area contributed by atoms with Gasteiger partial charge in [-0.1, -0.05) is 24.3 Å². The Morgan fingerprint density at radius 3 is 2.33 bits per heavy atom. The van der Waals surface area contributed by atoms with Gasteiger partial charge in [-0.15, -0.1) is 24.0 Å². The maximum atomic E-state index is 4.31. The van der Waals surface area contributed by atoms with Crippen LogP contribution in [0.5, 0.6) is 0 Å². The van der Waals surface area contributed by atoms with E-state index in [4.69, 9.17) is 0 Å². The molecule has 3 nitrogen and oxygen atoms in total. The van der Waals surface area contributed by atoms with Crippen molar-refractivity contribution >= 4 is 29.9 Å². The summed E-state index contributed by atoms with van der Waals surface area (Å²) in [5.41, 5.74) is 3.21. The average Bonchev–Trinajstić information content (AvgIpc) is 3.15. The van der Waals surface area contributed by atoms with Gasteiger partial charge in [0, 0.05) is 24.5 Å². The number of hydrogen-bond acceptors (Lipinski definition) is 1. The first-order valence-corrected chi connectivity index (χ1v) is 7.41. The third kappa shape index (κ3) is 4.87. The fraction of sp³-hybridized carbons (Fsp3) is 0.588. The topological polar surface area (TPSA) is 36.4 Å². The molecule has 0 aromatic heterocycles. The minimum absolute atomic E-state index is 0. The van der Waals surface area contributed by atoms with Gasteiger partial charge in [-0.05, 0) is 51.7 Å². The van der Waals surface area contributed by atoms with Gasteiger partial charge in [-0.3, -0.25) is 4.99 Å². The van der Waals surface area contributed by atoms with Gasteiger partial charge in [0.1, 0.15) is 0 Å². The number of hydrogen-bond donors (Lipinski definition) is 2. The fourth-order valence-electron chi connectivity index (χ4n) is 2.65. The predicted octanol–water partition coefficient (Wildman–Crippen LogP) is 3.61. The molecule has 0 atom stereocenters. The van der Waals surface area contributed by atoms with Crippen LogP contribution in [0.15, 0.2) is 29.3 Å². The van der Waals surface area contributed by atoms with E-state index >= 15 is 0 Å². The molecule has 118 valence electrons. The molecule has 4 heteroatoms. The molecule has 0 unspecified atom stereocenters. The molecule has 1 aliphatic carbocycles. The Kier molecular flexibility index (Phi) is 6.08. The number of benzene rings is 1. The number of nitrogens with zero attached hydrogens (tertiary/aromatic N) is 1. The average molecular weight is 401 g/mol. The summed E-state index contributed by atoms with van der Waals surface area (Å²) in [6.45, 7) is 9.60. The summed E-state index contributed by atoms with van der Waals surface area (Å²) in [6.07, 6.45) is 2.52. The normalized spacial score (nSPS) is 16.9. The van der Waals surface area contributed by atoms with Crippen LogP contribution in [0.25, 0.3) is 0 Å². The molecular weight excluding hydrogens is 373 g/mol. The summed E-state index contributed by atoms with van der Waals surface area (Å²) in [6, 6.07) is 8.73. The number of aliphatic imine (C=N–C) groups is 1. The standard InChI is InChI=1S/C17H27N3.HI/c1-13-8-6-7-9-14(13)17(10-11-17)12-19-15(18-5)20-16(2,3)4;/h6-9H,10-12H2,1-5H3,(H2,18,19,20);1H. The van der Waals surface area contributed by atoms with Gasteiger partial charge in [0.05, 0.1) is 0 Å². The highest BCUT2D eigenvalue weighted by atomic mass is 127. The maximum Gasteiger partial charge on any atom is 0.191 e. The van der Waals surface area contributed by atoms with E-state index in [1.807, 2.05) is 7.05 Å². The smallest absolute Gasteiger partial charge is 0.191 e. The van der Waals surface area contributed by atoms with Crippen LogP contribution < -0.4 is 10.6 Å². The molecule has 0 amide bonds. The first-order chi connectivity index (χ1) is 9.36. The summed E-state index contributed by atoms with van der Waals surface area (Å²) < 4.78 is 0. The Morgan fingerprint density at radius 1 is 1.24 bits per heavy atom. The zero-order valence-electron chi connectivity index (χ0n) is 13.8. The van der Waals surface area contributed by atoms with Gasteiger partial charge in [-0.25, -0.2) is 0 Å². The quantitative estimate of drug-likeness (QED) is 0.461. The Morgan fingerprint density at radius 2 is 1.86 bits per heavy atom. The first kappa shape index (κ1) is 18.3. The lowest BCUT2D eigenvalue weighted by atomic mass is 9.92. The Bertz CT molecular complexity index is 499. The minimum Gasteiger partial charge on any atom is -0.356 e. The van der Waals surface area contributed by atoms with E-state index in [1.54, 1.807) is 0 Å². The molecule has 0 bridgehead atoms. The van der Waals surface area contributed by atoms with Crippen molar-refractivity contribution in [1.29, 1.82) is 0 Å². The van der Waals surface area contributed by atoms with Gasteiger partial charge in [-0.2, -0.15) is 0 Å². The van der Waals surface area contributed by atoms with Crippen LogP contribution in [-0.2, 0) is 5.41 Å². The van der Waals surface area contributed by atoms with Crippen LogP contribution in [0.4, 0.5) is 0 Å². The van der Waals surface area contributed by atoms with Crippen molar-refractivity contribution in [1.82, 2.24) is 10.6 Å². The summed E-state index contributed by atoms with van der Waals surface area (Å²) in [7, 11) is 1.83. The van der Waals surface area contributed by atoms with Gasteiger partial charge in [0.25, 0.3) is 0 Å². The van der Waals surface area contributed by atoms with E-state index < -0.39 is 0 Å². The monoisotopic (exact) mass is 401 g/mol. The SMILES string of the molecule is CN=C(NCC1(c2ccccc2C)CC1)NC(C)(C)C.I. The van der Waals surface area contributed by atoms with Gasteiger partial charge in [0.15, 0.2) is 5.96 Å². The first-order valence-electron chi connectivity index (χ1n) is 7.41. The number of aryl methyl sites for hydroxylation is 1. The van der Waals surface area contributed by atoms with E-state index in [-0.39, 0.29) is 29.5 Å². The molecule has 0 spiro atoms. The second-order valence-electron chi connectivity index (χ2n) is 6.90. The van der Waals surface area contributed by atoms with Gasteiger partial charge in [0.2, 0.25) is 0 Å². The Balaban J connectivity index is 0.00000220. The Hall–Kier alpha value is -0.780. The van der Waals surface area contributed by atoms with Crippen LogP contribution in [0, 0.1) is 6.92 Å². The van der Waals surface area contributed by atoms with Gasteiger partial charge >= 0.3 is 0 Å². The molecule has 21 heavy (non-hydrogen) atoms. The highest BCUT2D eigenvalue weighted by molar-refractivity contribution is 14.0.